The largest absolute Gasteiger partial charge is 0.497 e. The number of aromatic nitrogens is 3. The van der Waals surface area contributed by atoms with Gasteiger partial charge in [0.1, 0.15) is 35.4 Å². The Hall–Kier alpha value is -6.58. The number of nitrogens with zero attached hydrogens (tertiary/aromatic N) is 4. The van der Waals surface area contributed by atoms with Crippen LogP contribution in [0.1, 0.15) is 79.3 Å². The van der Waals surface area contributed by atoms with Crippen LogP contribution in [-0.4, -0.2) is 93.7 Å². The third kappa shape index (κ3) is 12.8. The second kappa shape index (κ2) is 23.0. The lowest BCUT2D eigenvalue weighted by molar-refractivity contribution is -0.140. The fraction of sp³-hybridized carbons (Fsp3) is 0.417. The second-order valence-electron chi connectivity index (χ2n) is 16.4. The number of nitrogens with one attached hydrogen (secondary N) is 5. The quantitative estimate of drug-likeness (QED) is 0.0275. The highest BCUT2D eigenvalue weighted by molar-refractivity contribution is 7.14. The van der Waals surface area contributed by atoms with E-state index in [2.05, 4.69) is 43.4 Å². The maximum atomic E-state index is 14.6. The van der Waals surface area contributed by atoms with E-state index in [1.54, 1.807) is 50.4 Å². The average Bonchev–Trinajstić information content (AvgIpc) is 4.07. The number of para-hydroxylation sites is 2. The third-order valence-corrected chi connectivity index (χ3v) is 12.3. The molecule has 2 aromatic carbocycles. The van der Waals surface area contributed by atoms with Crippen LogP contribution in [0.4, 0.5) is 21.6 Å². The summed E-state index contributed by atoms with van der Waals surface area (Å²) in [5, 5.41) is 20.5. The number of benzene rings is 2. The number of ether oxygens (including phenoxy) is 2. The van der Waals surface area contributed by atoms with Gasteiger partial charge < -0.3 is 41.0 Å². The van der Waals surface area contributed by atoms with Crippen molar-refractivity contribution in [2.45, 2.75) is 104 Å². The minimum Gasteiger partial charge on any atom is -0.497 e. The number of pyridine rings is 1. The van der Waals surface area contributed by atoms with Crippen LogP contribution in [-0.2, 0) is 30.4 Å². The zero-order valence-electron chi connectivity index (χ0n) is 38.3. The van der Waals surface area contributed by atoms with Crippen molar-refractivity contribution in [2.75, 3.05) is 41.5 Å². The first-order valence-corrected chi connectivity index (χ1v) is 23.8. The molecule has 3 atom stereocenters. The Morgan fingerprint density at radius 1 is 0.894 bits per heavy atom. The van der Waals surface area contributed by atoms with Gasteiger partial charge in [-0.2, -0.15) is 0 Å². The van der Waals surface area contributed by atoms with Crippen LogP contribution in [0.5, 0.6) is 11.5 Å². The average molecular weight is 936 g/mol. The number of carbonyl (C=O) groups is 5. The number of likely N-dealkylation sites (tertiary alicyclic amines) is 1. The molecule has 1 aliphatic heterocycles. The van der Waals surface area contributed by atoms with E-state index < -0.39 is 42.3 Å². The Morgan fingerprint density at radius 2 is 1.64 bits per heavy atom. The predicted octanol–water partition coefficient (Wildman–Crippen LogP) is 7.54. The molecule has 18 heteroatoms. The molecule has 1 fully saturated rings. The van der Waals surface area contributed by atoms with E-state index in [0.29, 0.717) is 57.5 Å². The van der Waals surface area contributed by atoms with Crippen LogP contribution in [0.25, 0.3) is 22.3 Å². The Labute approximate surface area is 393 Å². The highest BCUT2D eigenvalue weighted by Crippen LogP contribution is 2.36. The van der Waals surface area contributed by atoms with Gasteiger partial charge in [-0.15, -0.1) is 34.5 Å². The number of fused-ring (bicyclic) bond motifs is 1. The normalized spacial score (nSPS) is 14.9. The molecule has 0 saturated carbocycles. The summed E-state index contributed by atoms with van der Waals surface area (Å²) in [6.07, 6.45) is 2.53. The van der Waals surface area contributed by atoms with Gasteiger partial charge in [-0.1, -0.05) is 32.9 Å². The van der Waals surface area contributed by atoms with Gasteiger partial charge in [0.25, 0.3) is 5.91 Å². The molecule has 1 aliphatic rings. The Balaban J connectivity index is 1.21. The standard InChI is InChI=1S/C48H57N9O7S2/c1-8-10-11-12-13-18-42(59)53-34-16-14-15-17-35(34)54-45(61)40(58)24-49-44(60)39-22-32(25-57(39)46(62)43(28(3)4)56-48-51-30(9-2)26-65-48)64-41-23-37(38-27-66-47(55-38)50-29(5)6)52-36-21-31(63-7)19-20-33(36)41/h14-17,19-21,23,26-29,32,39,43H,9,11-13,18,22,24-25H2,1-7H3,(H,49,60)(H,50,55)(H,51,56)(H,53,59)(H,54,61)/t32-,39-,43?/m0/s1. The van der Waals surface area contributed by atoms with Crippen molar-refractivity contribution in [3.05, 3.63) is 65.0 Å². The molecule has 348 valence electrons. The monoisotopic (exact) mass is 935 g/mol. The number of hydrogen-bond donors (Lipinski definition) is 5. The van der Waals surface area contributed by atoms with E-state index in [0.717, 1.165) is 23.7 Å². The van der Waals surface area contributed by atoms with Gasteiger partial charge in [0.05, 0.1) is 48.5 Å². The van der Waals surface area contributed by atoms with Crippen LogP contribution >= 0.6 is 22.7 Å². The minimum atomic E-state index is -1.07. The predicted molar refractivity (Wildman–Crippen MR) is 260 cm³/mol. The number of unbranched alkanes of at least 4 members (excludes halogenated alkanes) is 2. The summed E-state index contributed by atoms with van der Waals surface area (Å²) in [4.78, 5) is 83.7. The fourth-order valence-corrected chi connectivity index (χ4v) is 8.93. The zero-order chi connectivity index (χ0) is 47.3. The molecule has 0 spiro atoms. The maximum Gasteiger partial charge on any atom is 0.293 e. The van der Waals surface area contributed by atoms with Crippen molar-refractivity contribution >= 4 is 84.6 Å². The summed E-state index contributed by atoms with van der Waals surface area (Å²) in [7, 11) is 1.58. The molecule has 0 bridgehead atoms. The molecule has 6 rings (SSSR count). The first-order valence-electron chi connectivity index (χ1n) is 22.1. The summed E-state index contributed by atoms with van der Waals surface area (Å²) in [6, 6.07) is 12.2. The first-order chi connectivity index (χ1) is 31.8. The number of anilines is 4. The third-order valence-electron chi connectivity index (χ3n) is 10.7. The van der Waals surface area contributed by atoms with Gasteiger partial charge >= 0.3 is 0 Å². The Kier molecular flexibility index (Phi) is 17.1. The molecule has 5 N–H and O–H groups in total. The first kappa shape index (κ1) is 48.9. The van der Waals surface area contributed by atoms with Gasteiger partial charge in [0.15, 0.2) is 10.3 Å². The molecule has 1 saturated heterocycles. The molecule has 0 radical (unpaired) electrons. The van der Waals surface area contributed by atoms with Crippen LogP contribution in [0, 0.1) is 17.8 Å². The van der Waals surface area contributed by atoms with E-state index in [-0.39, 0.29) is 48.8 Å². The van der Waals surface area contributed by atoms with E-state index in [9.17, 15) is 24.0 Å². The Bertz CT molecular complexity index is 2600. The summed E-state index contributed by atoms with van der Waals surface area (Å²) in [6.45, 7) is 11.1. The van der Waals surface area contributed by atoms with Crippen molar-refractivity contribution in [1.82, 2.24) is 25.2 Å². The lowest BCUT2D eigenvalue weighted by Gasteiger charge is -2.30. The minimum absolute atomic E-state index is 0.0398. The zero-order valence-corrected chi connectivity index (χ0v) is 39.9. The maximum absolute atomic E-state index is 14.6. The highest BCUT2D eigenvalue weighted by Gasteiger charge is 2.44. The van der Waals surface area contributed by atoms with Crippen molar-refractivity contribution in [2.24, 2.45) is 5.92 Å². The van der Waals surface area contributed by atoms with Crippen LogP contribution in [0.2, 0.25) is 0 Å². The number of thiazole rings is 2. The molecular weight excluding hydrogens is 879 g/mol. The number of amides is 4. The van der Waals surface area contributed by atoms with E-state index in [1.165, 1.54) is 27.6 Å². The lowest BCUT2D eigenvalue weighted by Crippen LogP contribution is -2.53. The van der Waals surface area contributed by atoms with Crippen LogP contribution in [0.3, 0.4) is 0 Å². The molecular formula is C48H57N9O7S2. The van der Waals surface area contributed by atoms with Gasteiger partial charge in [-0.05, 0) is 70.2 Å². The second-order valence-corrected chi connectivity index (χ2v) is 18.1. The van der Waals surface area contributed by atoms with Crippen molar-refractivity contribution in [3.8, 4) is 34.7 Å². The molecule has 0 aliphatic carbocycles. The molecule has 16 nitrogen and oxygen atoms in total. The number of methoxy groups -OCH3 is 1. The number of carbonyl (C=O) groups excluding carboxylic acids is 5. The van der Waals surface area contributed by atoms with E-state index >= 15 is 0 Å². The highest BCUT2D eigenvalue weighted by atomic mass is 32.1. The smallest absolute Gasteiger partial charge is 0.293 e. The number of ketones is 1. The van der Waals surface area contributed by atoms with Crippen molar-refractivity contribution in [3.63, 3.8) is 0 Å². The fourth-order valence-electron chi connectivity index (χ4n) is 7.25. The number of Topliss-reactive ketones (excluding diaryl/α,β-unsaturated/α-hetero) is 1. The van der Waals surface area contributed by atoms with Crippen LogP contribution < -0.4 is 36.1 Å². The molecule has 1 unspecified atom stereocenters. The summed E-state index contributed by atoms with van der Waals surface area (Å²) < 4.78 is 12.3. The van der Waals surface area contributed by atoms with Crippen molar-refractivity contribution in [1.29, 1.82) is 0 Å². The molecule has 3 aromatic heterocycles. The SMILES string of the molecule is CC#CCCCCC(=O)Nc1ccccc1NC(=O)C(=O)CNC(=O)[C@@H]1C[C@H](Oc2cc(-c3csc(NC(C)C)n3)nc3cc(OC)ccc23)CN1C(=O)C(Nc1nc(CC)cs1)C(C)C. The van der Waals surface area contributed by atoms with Gasteiger partial charge in [-0.25, -0.2) is 15.0 Å². The molecule has 4 amide bonds. The molecule has 5 aromatic rings. The molecule has 66 heavy (non-hydrogen) atoms. The van der Waals surface area contributed by atoms with Gasteiger partial charge in [0.2, 0.25) is 23.5 Å². The summed E-state index contributed by atoms with van der Waals surface area (Å²) in [5.74, 6) is 3.55. The summed E-state index contributed by atoms with van der Waals surface area (Å²) in [5.41, 5.74) is 3.25. The van der Waals surface area contributed by atoms with Crippen LogP contribution in [0.15, 0.2) is 59.3 Å². The Morgan fingerprint density at radius 3 is 2.33 bits per heavy atom. The molecule has 4 heterocycles. The van der Waals surface area contributed by atoms with Gasteiger partial charge in [-0.3, -0.25) is 24.0 Å². The summed E-state index contributed by atoms with van der Waals surface area (Å²) >= 11 is 2.86. The van der Waals surface area contributed by atoms with Gasteiger partial charge in [0, 0.05) is 53.6 Å². The number of hydrogen-bond acceptors (Lipinski definition) is 14. The van der Waals surface area contributed by atoms with E-state index in [4.69, 9.17) is 19.4 Å². The number of rotatable bonds is 21. The van der Waals surface area contributed by atoms with E-state index in [1.807, 2.05) is 57.5 Å². The number of aryl methyl sites for hydroxylation is 1. The lowest BCUT2D eigenvalue weighted by atomic mass is 10.0. The van der Waals surface area contributed by atoms with Crippen molar-refractivity contribution < 1.29 is 33.4 Å². The topological polar surface area (TPSA) is 206 Å².